The molecular formula is C21H22ClN4O3+. The Hall–Kier alpha value is -3.16. The molecule has 1 heterocycles. The molecule has 0 spiro atoms. The predicted molar refractivity (Wildman–Crippen MR) is 114 cm³/mol. The smallest absolute Gasteiger partial charge is 0.265 e. The van der Waals surface area contributed by atoms with E-state index in [0.29, 0.717) is 40.0 Å². The summed E-state index contributed by atoms with van der Waals surface area (Å²) in [6, 6.07) is 13.5. The van der Waals surface area contributed by atoms with Gasteiger partial charge in [-0.1, -0.05) is 35.9 Å². The highest BCUT2D eigenvalue weighted by Crippen LogP contribution is 2.26. The highest BCUT2D eigenvalue weighted by molar-refractivity contribution is 6.30. The molecule has 29 heavy (non-hydrogen) atoms. The first-order valence-corrected chi connectivity index (χ1v) is 9.50. The number of quaternary nitrogens is 1. The lowest BCUT2D eigenvalue weighted by atomic mass is 10.1. The number of halogens is 1. The van der Waals surface area contributed by atoms with Crippen LogP contribution in [0.5, 0.6) is 5.88 Å². The van der Waals surface area contributed by atoms with Crippen LogP contribution in [0.4, 0.5) is 0 Å². The Kier molecular flexibility index (Phi) is 6.31. The fourth-order valence-electron chi connectivity index (χ4n) is 2.93. The summed E-state index contributed by atoms with van der Waals surface area (Å²) in [6.45, 7) is 0.676. The van der Waals surface area contributed by atoms with Crippen molar-refractivity contribution >= 4 is 34.5 Å². The Morgan fingerprint density at radius 2 is 1.93 bits per heavy atom. The second-order valence-corrected chi connectivity index (χ2v) is 7.34. The molecule has 3 N–H and O–H groups in total. The molecular weight excluding hydrogens is 392 g/mol. The summed E-state index contributed by atoms with van der Waals surface area (Å²) >= 11 is 6.06. The number of aromatic nitrogens is 1. The van der Waals surface area contributed by atoms with Crippen LogP contribution in [-0.4, -0.2) is 42.4 Å². The quantitative estimate of drug-likeness (QED) is 0.421. The van der Waals surface area contributed by atoms with Gasteiger partial charge in [-0.15, -0.1) is 0 Å². The third-order valence-electron chi connectivity index (χ3n) is 4.40. The van der Waals surface area contributed by atoms with Gasteiger partial charge in [0, 0.05) is 15.8 Å². The van der Waals surface area contributed by atoms with Gasteiger partial charge in [0.25, 0.3) is 5.56 Å². The minimum atomic E-state index is -0.379. The van der Waals surface area contributed by atoms with Crippen molar-refractivity contribution in [3.63, 3.8) is 0 Å². The lowest BCUT2D eigenvalue weighted by molar-refractivity contribution is -0.857. The van der Waals surface area contributed by atoms with Crippen molar-refractivity contribution in [3.8, 4) is 11.6 Å². The zero-order valence-corrected chi connectivity index (χ0v) is 16.9. The maximum atomic E-state index is 13.0. The second-order valence-electron chi connectivity index (χ2n) is 6.90. The van der Waals surface area contributed by atoms with Gasteiger partial charge in [-0.25, -0.2) is 9.99 Å². The maximum Gasteiger partial charge on any atom is 0.265 e. The van der Waals surface area contributed by atoms with E-state index in [9.17, 15) is 14.7 Å². The number of aromatic hydroxyl groups is 1. The molecule has 0 saturated heterocycles. The average molecular weight is 414 g/mol. The normalized spacial score (nSPS) is 11.4. The van der Waals surface area contributed by atoms with Crippen molar-refractivity contribution in [1.82, 2.24) is 9.99 Å². The van der Waals surface area contributed by atoms with Gasteiger partial charge in [-0.3, -0.25) is 9.59 Å². The number of nitrogens with one attached hydrogen (secondary N) is 2. The molecule has 2 aromatic carbocycles. The standard InChI is InChI=1S/C21H21ClN4O3/c1-25(2)11-10-19(27)24-23-13-18-16-8-3-4-9-17(16)20(28)26(21(18)29)15-7-5-6-14(22)12-15/h3-9,12-13,29H,10-11H2,1-2H3,(H,24,27)/p+1/b23-13+. The van der Waals surface area contributed by atoms with E-state index < -0.39 is 0 Å². The van der Waals surface area contributed by atoms with Crippen LogP contribution in [0.1, 0.15) is 12.0 Å². The van der Waals surface area contributed by atoms with Gasteiger partial charge < -0.3 is 10.0 Å². The lowest BCUT2D eigenvalue weighted by Gasteiger charge is -2.14. The van der Waals surface area contributed by atoms with Gasteiger partial charge in [-0.05, 0) is 24.3 Å². The second kappa shape index (κ2) is 8.89. The molecule has 0 saturated carbocycles. The van der Waals surface area contributed by atoms with Crippen LogP contribution >= 0.6 is 11.6 Å². The largest absolute Gasteiger partial charge is 0.494 e. The van der Waals surface area contributed by atoms with E-state index >= 15 is 0 Å². The van der Waals surface area contributed by atoms with Gasteiger partial charge in [0.05, 0.1) is 44.5 Å². The minimum Gasteiger partial charge on any atom is -0.494 e. The fraction of sp³-hybridized carbons (Fsp3) is 0.190. The van der Waals surface area contributed by atoms with E-state index in [0.717, 1.165) is 4.90 Å². The summed E-state index contributed by atoms with van der Waals surface area (Å²) < 4.78 is 1.17. The third kappa shape index (κ3) is 4.64. The van der Waals surface area contributed by atoms with Crippen LogP contribution in [0.2, 0.25) is 5.02 Å². The van der Waals surface area contributed by atoms with E-state index in [1.54, 1.807) is 48.5 Å². The number of carbonyl (C=O) groups is 1. The van der Waals surface area contributed by atoms with E-state index in [1.807, 2.05) is 14.1 Å². The third-order valence-corrected chi connectivity index (χ3v) is 4.64. The SMILES string of the molecule is C[NH+](C)CCC(=O)N/N=C/c1c(O)n(-c2cccc(Cl)c2)c(=O)c2ccccc12. The molecule has 0 atom stereocenters. The Bertz CT molecular complexity index is 1140. The number of amides is 1. The highest BCUT2D eigenvalue weighted by Gasteiger charge is 2.16. The maximum absolute atomic E-state index is 13.0. The zero-order valence-electron chi connectivity index (χ0n) is 16.1. The Balaban J connectivity index is 2.06. The summed E-state index contributed by atoms with van der Waals surface area (Å²) in [5.41, 5.74) is 2.83. The van der Waals surface area contributed by atoms with Crippen molar-refractivity contribution in [2.75, 3.05) is 20.6 Å². The topological polar surface area (TPSA) is 88.1 Å². The van der Waals surface area contributed by atoms with Gasteiger partial charge in [0.1, 0.15) is 0 Å². The van der Waals surface area contributed by atoms with E-state index in [1.165, 1.54) is 10.8 Å². The van der Waals surface area contributed by atoms with Crippen LogP contribution in [0.3, 0.4) is 0 Å². The van der Waals surface area contributed by atoms with Crippen LogP contribution in [0, 0.1) is 0 Å². The first-order chi connectivity index (χ1) is 13.9. The summed E-state index contributed by atoms with van der Waals surface area (Å²) in [7, 11) is 3.92. The molecule has 0 aliphatic rings. The van der Waals surface area contributed by atoms with E-state index in [-0.39, 0.29) is 17.3 Å². The van der Waals surface area contributed by atoms with Crippen molar-refractivity contribution in [3.05, 3.63) is 69.5 Å². The number of rotatable bonds is 6. The number of hydrazone groups is 1. The number of nitrogens with zero attached hydrogens (tertiary/aromatic N) is 2. The first kappa shape index (κ1) is 20.6. The summed E-state index contributed by atoms with van der Waals surface area (Å²) in [5, 5.41) is 16.2. The van der Waals surface area contributed by atoms with Gasteiger partial charge >= 0.3 is 0 Å². The number of carbonyl (C=O) groups excluding carboxylic acids is 1. The molecule has 150 valence electrons. The molecule has 7 nitrogen and oxygen atoms in total. The molecule has 0 radical (unpaired) electrons. The predicted octanol–water partition coefficient (Wildman–Crippen LogP) is 1.33. The van der Waals surface area contributed by atoms with Crippen molar-refractivity contribution in [2.45, 2.75) is 6.42 Å². The molecule has 1 aromatic heterocycles. The van der Waals surface area contributed by atoms with Crippen molar-refractivity contribution < 1.29 is 14.8 Å². The molecule has 8 heteroatoms. The number of hydrogen-bond donors (Lipinski definition) is 3. The molecule has 3 aromatic rings. The Morgan fingerprint density at radius 3 is 2.62 bits per heavy atom. The summed E-state index contributed by atoms with van der Waals surface area (Å²) in [5.74, 6) is -0.513. The fourth-order valence-corrected chi connectivity index (χ4v) is 3.12. The summed E-state index contributed by atoms with van der Waals surface area (Å²) in [4.78, 5) is 26.0. The average Bonchev–Trinajstić information content (AvgIpc) is 2.69. The Labute approximate surface area is 172 Å². The van der Waals surface area contributed by atoms with Crippen LogP contribution < -0.4 is 15.9 Å². The van der Waals surface area contributed by atoms with Crippen LogP contribution in [0.25, 0.3) is 16.5 Å². The molecule has 0 unspecified atom stereocenters. The Morgan fingerprint density at radius 1 is 1.21 bits per heavy atom. The number of fused-ring (bicyclic) bond motifs is 1. The first-order valence-electron chi connectivity index (χ1n) is 9.12. The zero-order chi connectivity index (χ0) is 21.0. The highest BCUT2D eigenvalue weighted by atomic mass is 35.5. The van der Waals surface area contributed by atoms with Crippen LogP contribution in [-0.2, 0) is 4.79 Å². The van der Waals surface area contributed by atoms with Crippen LogP contribution in [0.15, 0.2) is 58.4 Å². The van der Waals surface area contributed by atoms with Gasteiger partial charge in [-0.2, -0.15) is 5.10 Å². The molecule has 1 amide bonds. The number of hydrogen-bond acceptors (Lipinski definition) is 4. The minimum absolute atomic E-state index is 0.227. The molecule has 3 rings (SSSR count). The summed E-state index contributed by atoms with van der Waals surface area (Å²) in [6.07, 6.45) is 1.67. The van der Waals surface area contributed by atoms with Crippen molar-refractivity contribution in [1.29, 1.82) is 0 Å². The van der Waals surface area contributed by atoms with Gasteiger partial charge in [0.2, 0.25) is 11.8 Å². The molecule has 0 aliphatic carbocycles. The molecule has 0 aliphatic heterocycles. The number of pyridine rings is 1. The number of benzene rings is 2. The van der Waals surface area contributed by atoms with E-state index in [2.05, 4.69) is 10.5 Å². The van der Waals surface area contributed by atoms with E-state index in [4.69, 9.17) is 11.6 Å². The van der Waals surface area contributed by atoms with Crippen molar-refractivity contribution in [2.24, 2.45) is 5.10 Å². The molecule has 0 bridgehead atoms. The monoisotopic (exact) mass is 413 g/mol. The van der Waals surface area contributed by atoms with Gasteiger partial charge in [0.15, 0.2) is 0 Å². The molecule has 0 fully saturated rings. The lowest BCUT2D eigenvalue weighted by Crippen LogP contribution is -3.05.